The number of halogens is 1. The van der Waals surface area contributed by atoms with Crippen LogP contribution < -0.4 is 0 Å². The standard InChI is InChI=1S/C14H23BrN2/c1-5-7-8-9-14(4,6-2)13-12(15)10-11(3)16-17-13/h10H,5-9H2,1-4H3. The second-order valence-corrected chi connectivity index (χ2v) is 5.91. The molecule has 1 aromatic heterocycles. The van der Waals surface area contributed by atoms with Crippen molar-refractivity contribution >= 4 is 15.9 Å². The normalized spacial score (nSPS) is 14.6. The number of aromatic nitrogens is 2. The Labute approximate surface area is 113 Å². The van der Waals surface area contributed by atoms with Crippen molar-refractivity contribution < 1.29 is 0 Å². The van der Waals surface area contributed by atoms with Crippen molar-refractivity contribution in [1.29, 1.82) is 0 Å². The lowest BCUT2D eigenvalue weighted by atomic mass is 9.79. The van der Waals surface area contributed by atoms with E-state index < -0.39 is 0 Å². The summed E-state index contributed by atoms with van der Waals surface area (Å²) >= 11 is 3.63. The molecule has 0 saturated heterocycles. The molecule has 0 fully saturated rings. The Morgan fingerprint density at radius 1 is 1.24 bits per heavy atom. The summed E-state index contributed by atoms with van der Waals surface area (Å²) in [7, 11) is 0. The van der Waals surface area contributed by atoms with Gasteiger partial charge < -0.3 is 0 Å². The number of hydrogen-bond acceptors (Lipinski definition) is 2. The van der Waals surface area contributed by atoms with Crippen molar-refractivity contribution in [3.05, 3.63) is 21.9 Å². The van der Waals surface area contributed by atoms with Crippen molar-refractivity contribution in [2.24, 2.45) is 0 Å². The first-order valence-electron chi connectivity index (χ1n) is 6.53. The summed E-state index contributed by atoms with van der Waals surface area (Å²) in [5, 5.41) is 8.60. The second-order valence-electron chi connectivity index (χ2n) is 5.05. The molecule has 0 aliphatic carbocycles. The van der Waals surface area contributed by atoms with Gasteiger partial charge in [-0.2, -0.15) is 10.2 Å². The Morgan fingerprint density at radius 2 is 1.94 bits per heavy atom. The smallest absolute Gasteiger partial charge is 0.0831 e. The minimum atomic E-state index is 0.148. The maximum absolute atomic E-state index is 4.40. The highest BCUT2D eigenvalue weighted by molar-refractivity contribution is 9.10. The molecule has 0 N–H and O–H groups in total. The highest BCUT2D eigenvalue weighted by Crippen LogP contribution is 2.35. The second kappa shape index (κ2) is 6.48. The fourth-order valence-electron chi connectivity index (χ4n) is 2.09. The van der Waals surface area contributed by atoms with Crippen molar-refractivity contribution in [2.45, 2.75) is 65.2 Å². The third kappa shape index (κ3) is 3.77. The van der Waals surface area contributed by atoms with Crippen molar-refractivity contribution in [1.82, 2.24) is 10.2 Å². The Morgan fingerprint density at radius 3 is 2.47 bits per heavy atom. The van der Waals surface area contributed by atoms with Crippen LogP contribution in [0, 0.1) is 6.92 Å². The molecular weight excluding hydrogens is 276 g/mol. The van der Waals surface area contributed by atoms with Crippen LogP contribution in [0.15, 0.2) is 10.5 Å². The van der Waals surface area contributed by atoms with E-state index in [1.165, 1.54) is 25.7 Å². The van der Waals surface area contributed by atoms with Crippen LogP contribution in [0.3, 0.4) is 0 Å². The first-order valence-corrected chi connectivity index (χ1v) is 7.33. The molecule has 1 rings (SSSR count). The summed E-state index contributed by atoms with van der Waals surface area (Å²) in [6.07, 6.45) is 6.12. The van der Waals surface area contributed by atoms with Crippen LogP contribution in [0.2, 0.25) is 0 Å². The SMILES string of the molecule is CCCCCC(C)(CC)c1nnc(C)cc1Br. The average Bonchev–Trinajstić information content (AvgIpc) is 2.29. The van der Waals surface area contributed by atoms with E-state index in [1.54, 1.807) is 0 Å². The molecule has 3 heteroatoms. The molecule has 2 nitrogen and oxygen atoms in total. The molecule has 0 saturated carbocycles. The molecule has 0 radical (unpaired) electrons. The van der Waals surface area contributed by atoms with Crippen molar-refractivity contribution in [3.63, 3.8) is 0 Å². The van der Waals surface area contributed by atoms with E-state index >= 15 is 0 Å². The van der Waals surface area contributed by atoms with Crippen LogP contribution in [0.5, 0.6) is 0 Å². The lowest BCUT2D eigenvalue weighted by Crippen LogP contribution is -2.23. The molecule has 0 aliphatic heterocycles. The van der Waals surface area contributed by atoms with E-state index in [4.69, 9.17) is 0 Å². The average molecular weight is 299 g/mol. The van der Waals surface area contributed by atoms with Gasteiger partial charge in [0.2, 0.25) is 0 Å². The van der Waals surface area contributed by atoms with Crippen LogP contribution in [0.1, 0.15) is 64.3 Å². The highest BCUT2D eigenvalue weighted by atomic mass is 79.9. The van der Waals surface area contributed by atoms with Crippen LogP contribution in [0.25, 0.3) is 0 Å². The molecule has 17 heavy (non-hydrogen) atoms. The van der Waals surface area contributed by atoms with Crippen LogP contribution in [-0.4, -0.2) is 10.2 Å². The summed E-state index contributed by atoms with van der Waals surface area (Å²) in [5.41, 5.74) is 2.23. The Hall–Kier alpha value is -0.440. The summed E-state index contributed by atoms with van der Waals surface area (Å²) in [4.78, 5) is 0. The van der Waals surface area contributed by atoms with E-state index in [2.05, 4.69) is 53.0 Å². The fraction of sp³-hybridized carbons (Fsp3) is 0.714. The zero-order valence-electron chi connectivity index (χ0n) is 11.4. The molecule has 0 aliphatic rings. The first-order chi connectivity index (χ1) is 8.03. The molecule has 96 valence electrons. The van der Waals surface area contributed by atoms with Gasteiger partial charge >= 0.3 is 0 Å². The van der Waals surface area contributed by atoms with E-state index in [1.807, 2.05) is 6.92 Å². The van der Waals surface area contributed by atoms with Gasteiger partial charge in [-0.3, -0.25) is 0 Å². The van der Waals surface area contributed by atoms with Crippen LogP contribution in [0.4, 0.5) is 0 Å². The lowest BCUT2D eigenvalue weighted by Gasteiger charge is -2.28. The topological polar surface area (TPSA) is 25.8 Å². The molecule has 1 aromatic rings. The van der Waals surface area contributed by atoms with Gasteiger partial charge in [-0.15, -0.1) is 0 Å². The molecular formula is C14H23BrN2. The van der Waals surface area contributed by atoms with Gasteiger partial charge in [0.15, 0.2) is 0 Å². The molecule has 1 heterocycles. The maximum Gasteiger partial charge on any atom is 0.0831 e. The van der Waals surface area contributed by atoms with Gasteiger partial charge in [0.25, 0.3) is 0 Å². The zero-order valence-corrected chi connectivity index (χ0v) is 13.0. The Kier molecular flexibility index (Phi) is 5.57. The number of unbranched alkanes of at least 4 members (excludes halogenated alkanes) is 2. The molecule has 0 spiro atoms. The number of nitrogens with zero attached hydrogens (tertiary/aromatic N) is 2. The van der Waals surface area contributed by atoms with Gasteiger partial charge in [-0.05, 0) is 41.8 Å². The predicted molar refractivity (Wildman–Crippen MR) is 76.3 cm³/mol. The van der Waals surface area contributed by atoms with Gasteiger partial charge in [-0.25, -0.2) is 0 Å². The lowest BCUT2D eigenvalue weighted by molar-refractivity contribution is 0.382. The third-order valence-corrected chi connectivity index (χ3v) is 4.16. The minimum absolute atomic E-state index is 0.148. The number of rotatable bonds is 6. The molecule has 1 atom stereocenters. The summed E-state index contributed by atoms with van der Waals surface area (Å²) in [6.45, 7) is 8.75. The molecule has 0 amide bonds. The zero-order chi connectivity index (χ0) is 12.9. The first kappa shape index (κ1) is 14.6. The third-order valence-electron chi connectivity index (χ3n) is 3.55. The number of hydrogen-bond donors (Lipinski definition) is 0. The molecule has 1 unspecified atom stereocenters. The fourth-order valence-corrected chi connectivity index (χ4v) is 2.98. The van der Waals surface area contributed by atoms with Gasteiger partial charge in [-0.1, -0.05) is 40.0 Å². The van der Waals surface area contributed by atoms with Gasteiger partial charge in [0.1, 0.15) is 0 Å². The van der Waals surface area contributed by atoms with Gasteiger partial charge in [0, 0.05) is 9.89 Å². The maximum atomic E-state index is 4.40. The largest absolute Gasteiger partial charge is 0.156 e. The molecule has 0 bridgehead atoms. The minimum Gasteiger partial charge on any atom is -0.156 e. The summed E-state index contributed by atoms with van der Waals surface area (Å²) in [5.74, 6) is 0. The van der Waals surface area contributed by atoms with Crippen LogP contribution in [-0.2, 0) is 5.41 Å². The summed E-state index contributed by atoms with van der Waals surface area (Å²) in [6, 6.07) is 2.07. The predicted octanol–water partition coefficient (Wildman–Crippen LogP) is 4.80. The van der Waals surface area contributed by atoms with Crippen LogP contribution >= 0.6 is 15.9 Å². The van der Waals surface area contributed by atoms with Gasteiger partial charge in [0.05, 0.1) is 11.4 Å². The van der Waals surface area contributed by atoms with E-state index in [-0.39, 0.29) is 5.41 Å². The monoisotopic (exact) mass is 298 g/mol. The summed E-state index contributed by atoms with van der Waals surface area (Å²) < 4.78 is 1.10. The van der Waals surface area contributed by atoms with E-state index in [0.29, 0.717) is 0 Å². The Bertz CT molecular complexity index is 365. The van der Waals surface area contributed by atoms with E-state index in [9.17, 15) is 0 Å². The number of aryl methyl sites for hydroxylation is 1. The van der Waals surface area contributed by atoms with E-state index in [0.717, 1.165) is 22.3 Å². The Balaban J connectivity index is 2.90. The quantitative estimate of drug-likeness (QED) is 0.705. The molecule has 0 aromatic carbocycles. The van der Waals surface area contributed by atoms with Crippen molar-refractivity contribution in [3.8, 4) is 0 Å². The van der Waals surface area contributed by atoms with Crippen molar-refractivity contribution in [2.75, 3.05) is 0 Å². The highest BCUT2D eigenvalue weighted by Gasteiger charge is 2.28.